The molecule has 0 unspecified atom stereocenters. The maximum absolute atomic E-state index is 6.43. The highest BCUT2D eigenvalue weighted by molar-refractivity contribution is 5.90. The summed E-state index contributed by atoms with van der Waals surface area (Å²) in [5.41, 5.74) is 17.3. The standard InChI is InChI=1S/C24H25N9O/c25-20(16-5-2-1-3-6-16)17-8-10-31(11-9-17)12-13-32-22-18(15-27-32)23-28-21(19-7-4-14-34-19)30-33(23)24(26)29-22/h1-7,14-15H,8-13,25H2,(H2,26,29). The average Bonchev–Trinajstić information content (AvgIpc) is 3.63. The highest BCUT2D eigenvalue weighted by atomic mass is 16.3. The number of aromatic nitrogens is 6. The third kappa shape index (κ3) is 3.57. The van der Waals surface area contributed by atoms with Crippen molar-refractivity contribution in [2.24, 2.45) is 5.73 Å². The lowest BCUT2D eigenvalue weighted by atomic mass is 9.98. The summed E-state index contributed by atoms with van der Waals surface area (Å²) < 4.78 is 8.84. The van der Waals surface area contributed by atoms with E-state index >= 15 is 0 Å². The van der Waals surface area contributed by atoms with Gasteiger partial charge in [-0.05, 0) is 36.1 Å². The van der Waals surface area contributed by atoms with E-state index in [1.807, 2.05) is 28.9 Å². The van der Waals surface area contributed by atoms with Crippen LogP contribution in [-0.2, 0) is 6.54 Å². The fraction of sp³-hybridized carbons (Fsp3) is 0.250. The summed E-state index contributed by atoms with van der Waals surface area (Å²) in [6.07, 6.45) is 5.31. The number of nitrogens with two attached hydrogens (primary N) is 2. The fourth-order valence-corrected chi connectivity index (χ4v) is 4.50. The van der Waals surface area contributed by atoms with Crippen LogP contribution in [-0.4, -0.2) is 53.9 Å². The molecule has 34 heavy (non-hydrogen) atoms. The van der Waals surface area contributed by atoms with Crippen LogP contribution in [0.4, 0.5) is 5.95 Å². The summed E-state index contributed by atoms with van der Waals surface area (Å²) in [5, 5.41) is 9.81. The van der Waals surface area contributed by atoms with Crippen LogP contribution in [0.1, 0.15) is 18.4 Å². The van der Waals surface area contributed by atoms with E-state index in [0.29, 0.717) is 29.4 Å². The number of piperidine rings is 1. The first-order valence-corrected chi connectivity index (χ1v) is 11.3. The number of hydrogen-bond donors (Lipinski definition) is 2. The molecule has 5 aromatic rings. The zero-order valence-corrected chi connectivity index (χ0v) is 18.6. The van der Waals surface area contributed by atoms with Gasteiger partial charge in [0, 0.05) is 25.3 Å². The lowest BCUT2D eigenvalue weighted by molar-refractivity contribution is 0.244. The number of nitrogens with zero attached hydrogens (tertiary/aromatic N) is 7. The number of anilines is 1. The second-order valence-electron chi connectivity index (χ2n) is 8.45. The van der Waals surface area contributed by atoms with Gasteiger partial charge in [0.05, 0.1) is 24.4 Å². The van der Waals surface area contributed by atoms with Crippen molar-refractivity contribution in [2.45, 2.75) is 19.4 Å². The fourth-order valence-electron chi connectivity index (χ4n) is 4.50. The number of rotatable bonds is 5. The molecule has 10 heteroatoms. The molecule has 4 aromatic heterocycles. The first-order valence-electron chi connectivity index (χ1n) is 11.3. The number of benzene rings is 1. The summed E-state index contributed by atoms with van der Waals surface area (Å²) in [5.74, 6) is 1.31. The van der Waals surface area contributed by atoms with Crippen molar-refractivity contribution in [3.05, 3.63) is 66.1 Å². The topological polar surface area (TPSA) is 129 Å². The zero-order valence-electron chi connectivity index (χ0n) is 18.6. The predicted octanol–water partition coefficient (Wildman–Crippen LogP) is 2.78. The minimum absolute atomic E-state index is 0.263. The summed E-state index contributed by atoms with van der Waals surface area (Å²) in [7, 11) is 0. The van der Waals surface area contributed by atoms with E-state index in [1.54, 1.807) is 18.5 Å². The Bertz CT molecular complexity index is 1470. The molecule has 5 heterocycles. The molecule has 6 rings (SSSR count). The molecule has 0 aliphatic carbocycles. The zero-order chi connectivity index (χ0) is 23.1. The van der Waals surface area contributed by atoms with Crippen LogP contribution < -0.4 is 11.5 Å². The number of fused-ring (bicyclic) bond motifs is 3. The third-order valence-corrected chi connectivity index (χ3v) is 6.39. The van der Waals surface area contributed by atoms with Crippen molar-refractivity contribution >= 4 is 28.3 Å². The van der Waals surface area contributed by atoms with Gasteiger partial charge in [-0.2, -0.15) is 14.6 Å². The summed E-state index contributed by atoms with van der Waals surface area (Å²) in [6, 6.07) is 13.8. The lowest BCUT2D eigenvalue weighted by Gasteiger charge is -2.29. The van der Waals surface area contributed by atoms with Gasteiger partial charge in [-0.25, -0.2) is 9.67 Å². The maximum atomic E-state index is 6.43. The largest absolute Gasteiger partial charge is 0.461 e. The molecule has 1 saturated heterocycles. The minimum Gasteiger partial charge on any atom is -0.461 e. The van der Waals surface area contributed by atoms with Crippen molar-refractivity contribution in [3.8, 4) is 11.6 Å². The summed E-state index contributed by atoms with van der Waals surface area (Å²) in [4.78, 5) is 11.6. The molecule has 4 N–H and O–H groups in total. The van der Waals surface area contributed by atoms with Gasteiger partial charge in [-0.1, -0.05) is 30.3 Å². The van der Waals surface area contributed by atoms with E-state index in [4.69, 9.17) is 15.9 Å². The highest BCUT2D eigenvalue weighted by Gasteiger charge is 2.19. The molecule has 1 aliphatic rings. The van der Waals surface area contributed by atoms with Crippen LogP contribution in [0.3, 0.4) is 0 Å². The Hall–Kier alpha value is -4.18. The normalized spacial score (nSPS) is 14.9. The third-order valence-electron chi connectivity index (χ3n) is 6.39. The van der Waals surface area contributed by atoms with Crippen LogP contribution in [0.15, 0.2) is 64.9 Å². The number of hydrogen-bond acceptors (Lipinski definition) is 8. The van der Waals surface area contributed by atoms with Crippen LogP contribution in [0.2, 0.25) is 0 Å². The molecular weight excluding hydrogens is 430 g/mol. The van der Waals surface area contributed by atoms with Gasteiger partial charge >= 0.3 is 0 Å². The molecule has 1 aromatic carbocycles. The molecule has 1 aliphatic heterocycles. The van der Waals surface area contributed by atoms with Gasteiger partial charge in [0.2, 0.25) is 11.8 Å². The quantitative estimate of drug-likeness (QED) is 0.414. The molecule has 0 atom stereocenters. The average molecular weight is 456 g/mol. The molecule has 0 amide bonds. The molecule has 1 fully saturated rings. The first-order chi connectivity index (χ1) is 16.7. The SMILES string of the molecule is NC(=C1CCN(CCn2ncc3c2nc(N)n2nc(-c4ccco4)nc32)CC1)c1ccccc1. The van der Waals surface area contributed by atoms with Crippen molar-refractivity contribution in [1.29, 1.82) is 0 Å². The molecule has 0 bridgehead atoms. The predicted molar refractivity (Wildman–Crippen MR) is 129 cm³/mol. The van der Waals surface area contributed by atoms with E-state index in [0.717, 1.165) is 49.1 Å². The second kappa shape index (κ2) is 8.31. The minimum atomic E-state index is 0.263. The van der Waals surface area contributed by atoms with Crippen LogP contribution in [0.5, 0.6) is 0 Å². The maximum Gasteiger partial charge on any atom is 0.225 e. The number of nitrogen functional groups attached to an aromatic ring is 1. The van der Waals surface area contributed by atoms with Crippen LogP contribution in [0.25, 0.3) is 34.0 Å². The van der Waals surface area contributed by atoms with E-state index in [2.05, 4.69) is 37.2 Å². The Balaban J connectivity index is 1.18. The highest BCUT2D eigenvalue weighted by Crippen LogP contribution is 2.25. The first kappa shape index (κ1) is 20.4. The molecule has 0 saturated carbocycles. The smallest absolute Gasteiger partial charge is 0.225 e. The van der Waals surface area contributed by atoms with Crippen molar-refractivity contribution in [2.75, 3.05) is 25.4 Å². The van der Waals surface area contributed by atoms with Crippen LogP contribution >= 0.6 is 0 Å². The van der Waals surface area contributed by atoms with Gasteiger partial charge in [0.15, 0.2) is 17.1 Å². The second-order valence-corrected chi connectivity index (χ2v) is 8.45. The Kier molecular flexibility index (Phi) is 4.99. The molecule has 10 nitrogen and oxygen atoms in total. The molecular formula is C24H25N9O. The lowest BCUT2D eigenvalue weighted by Crippen LogP contribution is -2.34. The van der Waals surface area contributed by atoms with E-state index in [1.165, 1.54) is 10.1 Å². The molecule has 0 radical (unpaired) electrons. The van der Waals surface area contributed by atoms with Gasteiger partial charge in [0.25, 0.3) is 0 Å². The van der Waals surface area contributed by atoms with Crippen LogP contribution in [0, 0.1) is 0 Å². The van der Waals surface area contributed by atoms with Crippen molar-refractivity contribution in [3.63, 3.8) is 0 Å². The van der Waals surface area contributed by atoms with E-state index < -0.39 is 0 Å². The van der Waals surface area contributed by atoms with Crippen molar-refractivity contribution < 1.29 is 4.42 Å². The molecule has 0 spiro atoms. The summed E-state index contributed by atoms with van der Waals surface area (Å²) >= 11 is 0. The van der Waals surface area contributed by atoms with E-state index in [9.17, 15) is 0 Å². The number of likely N-dealkylation sites (tertiary alicyclic amines) is 1. The Morgan fingerprint density at radius 1 is 0.971 bits per heavy atom. The van der Waals surface area contributed by atoms with Crippen molar-refractivity contribution in [1.82, 2.24) is 34.3 Å². The van der Waals surface area contributed by atoms with Gasteiger partial charge in [-0.3, -0.25) is 0 Å². The monoisotopic (exact) mass is 455 g/mol. The van der Waals surface area contributed by atoms with Gasteiger partial charge in [-0.15, -0.1) is 5.10 Å². The van der Waals surface area contributed by atoms with Gasteiger partial charge < -0.3 is 20.8 Å². The van der Waals surface area contributed by atoms with E-state index in [-0.39, 0.29) is 5.95 Å². The Labute approximate surface area is 195 Å². The summed E-state index contributed by atoms with van der Waals surface area (Å²) in [6.45, 7) is 3.52. The molecule has 172 valence electrons. The Morgan fingerprint density at radius 3 is 2.56 bits per heavy atom. The van der Waals surface area contributed by atoms with Gasteiger partial charge in [0.1, 0.15) is 0 Å². The number of furan rings is 1. The Morgan fingerprint density at radius 2 is 1.79 bits per heavy atom.